The molecule has 0 N–H and O–H groups in total. The number of para-hydroxylation sites is 2. The van der Waals surface area contributed by atoms with Gasteiger partial charge in [-0.3, -0.25) is 4.57 Å². The van der Waals surface area contributed by atoms with E-state index in [0.29, 0.717) is 11.6 Å². The molecule has 0 saturated heterocycles. The SMILES string of the molecule is N#Cc1nc(-n2c3ccccc3c3c4ccc(-c5ccc6ccc7ccccc7c6c5)cc4ccc32)nc2ccccc12. The third-order valence-corrected chi connectivity index (χ3v) is 8.63. The predicted molar refractivity (Wildman–Crippen MR) is 177 cm³/mol. The number of aromatic nitrogens is 3. The van der Waals surface area contributed by atoms with Crippen molar-refractivity contribution in [3.8, 4) is 23.1 Å². The van der Waals surface area contributed by atoms with Crippen LogP contribution in [-0.4, -0.2) is 14.5 Å². The van der Waals surface area contributed by atoms with Crippen LogP contribution in [0.2, 0.25) is 0 Å². The van der Waals surface area contributed by atoms with Crippen molar-refractivity contribution in [2.24, 2.45) is 0 Å². The van der Waals surface area contributed by atoms with E-state index in [2.05, 4.69) is 114 Å². The lowest BCUT2D eigenvalue weighted by Gasteiger charge is -2.10. The van der Waals surface area contributed by atoms with E-state index in [-0.39, 0.29) is 0 Å². The van der Waals surface area contributed by atoms with Gasteiger partial charge in [0.2, 0.25) is 5.95 Å². The molecule has 0 aliphatic heterocycles. The maximum Gasteiger partial charge on any atom is 0.236 e. The van der Waals surface area contributed by atoms with Crippen LogP contribution >= 0.6 is 0 Å². The van der Waals surface area contributed by atoms with Crippen molar-refractivity contribution in [3.05, 3.63) is 139 Å². The minimum Gasteiger partial charge on any atom is -0.278 e. The third-order valence-electron chi connectivity index (χ3n) is 8.63. The van der Waals surface area contributed by atoms with Crippen molar-refractivity contribution in [2.75, 3.05) is 0 Å². The van der Waals surface area contributed by atoms with Gasteiger partial charge in [-0.25, -0.2) is 9.97 Å². The molecule has 0 saturated carbocycles. The number of nitrogens with zero attached hydrogens (tertiary/aromatic N) is 4. The Kier molecular flexibility index (Phi) is 4.93. The second-order valence-corrected chi connectivity index (χ2v) is 11.0. The van der Waals surface area contributed by atoms with Crippen LogP contribution in [0.5, 0.6) is 0 Å². The Hall–Kier alpha value is -6.05. The summed E-state index contributed by atoms with van der Waals surface area (Å²) >= 11 is 0. The molecule has 4 nitrogen and oxygen atoms in total. The van der Waals surface area contributed by atoms with Gasteiger partial charge < -0.3 is 0 Å². The second kappa shape index (κ2) is 8.97. The average molecular weight is 547 g/mol. The summed E-state index contributed by atoms with van der Waals surface area (Å²) in [6.07, 6.45) is 0. The number of hydrogen-bond acceptors (Lipinski definition) is 3. The summed E-state index contributed by atoms with van der Waals surface area (Å²) in [7, 11) is 0. The largest absolute Gasteiger partial charge is 0.278 e. The van der Waals surface area contributed by atoms with Gasteiger partial charge >= 0.3 is 0 Å². The van der Waals surface area contributed by atoms with Crippen LogP contribution in [0.4, 0.5) is 0 Å². The van der Waals surface area contributed by atoms with Gasteiger partial charge in [-0.15, -0.1) is 0 Å². The highest BCUT2D eigenvalue weighted by molar-refractivity contribution is 6.21. The highest BCUT2D eigenvalue weighted by atomic mass is 15.2. The molecule has 0 aliphatic rings. The standard InChI is InChI=1S/C39H22N4/c40-23-35-31-9-3-5-11-34(31)41-39(42-35)43-36-12-6-4-10-32(36)38-30-19-17-26(21-28(30)18-20-37(38)43)27-16-15-25-14-13-24-7-1-2-8-29(24)33(25)22-27/h1-22H. The van der Waals surface area contributed by atoms with Gasteiger partial charge in [-0.05, 0) is 79.8 Å². The van der Waals surface area contributed by atoms with E-state index >= 15 is 0 Å². The number of nitriles is 1. The molecule has 9 rings (SSSR count). The number of fused-ring (bicyclic) bond motifs is 9. The molecular formula is C39H22N4. The van der Waals surface area contributed by atoms with Gasteiger partial charge in [0, 0.05) is 16.2 Å². The smallest absolute Gasteiger partial charge is 0.236 e. The summed E-state index contributed by atoms with van der Waals surface area (Å²) in [6, 6.07) is 49.1. The van der Waals surface area contributed by atoms with Crippen LogP contribution in [0.1, 0.15) is 5.69 Å². The van der Waals surface area contributed by atoms with Crippen LogP contribution in [-0.2, 0) is 0 Å². The highest BCUT2D eigenvalue weighted by Gasteiger charge is 2.18. The van der Waals surface area contributed by atoms with Crippen molar-refractivity contribution in [2.45, 2.75) is 0 Å². The van der Waals surface area contributed by atoms with Crippen LogP contribution in [0.25, 0.3) is 82.1 Å². The Labute approximate surface area is 246 Å². The molecule has 0 radical (unpaired) electrons. The molecule has 0 bridgehead atoms. The average Bonchev–Trinajstić information content (AvgIpc) is 3.42. The van der Waals surface area contributed by atoms with Gasteiger partial charge in [-0.2, -0.15) is 5.26 Å². The maximum absolute atomic E-state index is 9.91. The fourth-order valence-corrected chi connectivity index (χ4v) is 6.62. The Bertz CT molecular complexity index is 2640. The van der Waals surface area contributed by atoms with E-state index in [9.17, 15) is 5.26 Å². The molecule has 0 aliphatic carbocycles. The van der Waals surface area contributed by atoms with Gasteiger partial charge in [0.25, 0.3) is 0 Å². The van der Waals surface area contributed by atoms with Gasteiger partial charge in [0.05, 0.1) is 16.6 Å². The molecule has 0 atom stereocenters. The summed E-state index contributed by atoms with van der Waals surface area (Å²) in [6.45, 7) is 0. The van der Waals surface area contributed by atoms with E-state index in [1.165, 1.54) is 43.4 Å². The molecule has 4 heteroatoms. The zero-order valence-corrected chi connectivity index (χ0v) is 23.0. The Morgan fingerprint density at radius 1 is 0.488 bits per heavy atom. The zero-order chi connectivity index (χ0) is 28.5. The fourth-order valence-electron chi connectivity index (χ4n) is 6.62. The maximum atomic E-state index is 9.91. The molecule has 43 heavy (non-hydrogen) atoms. The van der Waals surface area contributed by atoms with Crippen molar-refractivity contribution >= 4 is 65.0 Å². The fraction of sp³-hybridized carbons (Fsp3) is 0. The van der Waals surface area contributed by atoms with E-state index in [1.54, 1.807) is 0 Å². The lowest BCUT2D eigenvalue weighted by Crippen LogP contribution is -2.03. The van der Waals surface area contributed by atoms with E-state index < -0.39 is 0 Å². The Balaban J connectivity index is 1.27. The number of benzene rings is 7. The van der Waals surface area contributed by atoms with Crippen molar-refractivity contribution < 1.29 is 0 Å². The van der Waals surface area contributed by atoms with Gasteiger partial charge in [0.1, 0.15) is 6.07 Å². The molecule has 0 amide bonds. The second-order valence-electron chi connectivity index (χ2n) is 11.0. The quantitative estimate of drug-likeness (QED) is 0.203. The summed E-state index contributed by atoms with van der Waals surface area (Å²) in [5, 5.41) is 20.3. The molecule has 2 aromatic heterocycles. The van der Waals surface area contributed by atoms with Crippen molar-refractivity contribution in [1.29, 1.82) is 5.26 Å². The molecule has 0 spiro atoms. The molecule has 7 aromatic carbocycles. The zero-order valence-electron chi connectivity index (χ0n) is 23.0. The van der Waals surface area contributed by atoms with Crippen LogP contribution in [0.3, 0.4) is 0 Å². The molecule has 0 unspecified atom stereocenters. The van der Waals surface area contributed by atoms with Crippen LogP contribution in [0, 0.1) is 11.3 Å². The minimum atomic E-state index is 0.375. The van der Waals surface area contributed by atoms with E-state index in [4.69, 9.17) is 9.97 Å². The normalized spacial score (nSPS) is 11.7. The van der Waals surface area contributed by atoms with E-state index in [0.717, 1.165) is 32.7 Å². The highest BCUT2D eigenvalue weighted by Crippen LogP contribution is 2.38. The Morgan fingerprint density at radius 2 is 1.16 bits per heavy atom. The summed E-state index contributed by atoms with van der Waals surface area (Å²) < 4.78 is 2.08. The monoisotopic (exact) mass is 546 g/mol. The molecule has 2 heterocycles. The summed E-state index contributed by atoms with van der Waals surface area (Å²) in [5.41, 5.74) is 5.53. The van der Waals surface area contributed by atoms with Crippen LogP contribution < -0.4 is 0 Å². The molecule has 198 valence electrons. The molecule has 0 fully saturated rings. The number of hydrogen-bond donors (Lipinski definition) is 0. The van der Waals surface area contributed by atoms with Crippen molar-refractivity contribution in [3.63, 3.8) is 0 Å². The molecular weight excluding hydrogens is 524 g/mol. The third kappa shape index (κ3) is 3.49. The predicted octanol–water partition coefficient (Wildman–Crippen LogP) is 9.73. The van der Waals surface area contributed by atoms with E-state index in [1.807, 2.05) is 30.3 Å². The first-order chi connectivity index (χ1) is 21.3. The van der Waals surface area contributed by atoms with Gasteiger partial charge in [0.15, 0.2) is 5.69 Å². The lowest BCUT2D eigenvalue weighted by atomic mass is 9.95. The summed E-state index contributed by atoms with van der Waals surface area (Å²) in [4.78, 5) is 9.64. The minimum absolute atomic E-state index is 0.375. The molecule has 9 aromatic rings. The first-order valence-corrected chi connectivity index (χ1v) is 14.3. The van der Waals surface area contributed by atoms with Gasteiger partial charge in [-0.1, -0.05) is 97.1 Å². The topological polar surface area (TPSA) is 54.5 Å². The first-order valence-electron chi connectivity index (χ1n) is 14.3. The first kappa shape index (κ1) is 23.6. The lowest BCUT2D eigenvalue weighted by molar-refractivity contribution is 1.00. The number of rotatable bonds is 2. The van der Waals surface area contributed by atoms with Crippen LogP contribution in [0.15, 0.2) is 133 Å². The summed E-state index contributed by atoms with van der Waals surface area (Å²) in [5.74, 6) is 0.501. The van der Waals surface area contributed by atoms with Crippen molar-refractivity contribution in [1.82, 2.24) is 14.5 Å². The Morgan fingerprint density at radius 3 is 2.05 bits per heavy atom.